The topological polar surface area (TPSA) is 47.6 Å². The van der Waals surface area contributed by atoms with Crippen molar-refractivity contribution in [3.63, 3.8) is 0 Å². The Morgan fingerprint density at radius 2 is 1.81 bits per heavy atom. The van der Waals surface area contributed by atoms with Crippen molar-refractivity contribution in [1.82, 2.24) is 20.4 Å². The lowest BCUT2D eigenvalue weighted by Crippen LogP contribution is -2.46. The third-order valence-corrected chi connectivity index (χ3v) is 3.97. The van der Waals surface area contributed by atoms with Gasteiger partial charge in [-0.25, -0.2) is 0 Å². The summed E-state index contributed by atoms with van der Waals surface area (Å²) >= 11 is 0. The largest absolute Gasteiger partial charge is 0.355 e. The molecule has 0 aromatic heterocycles. The van der Waals surface area contributed by atoms with Crippen molar-refractivity contribution >= 4 is 5.91 Å². The van der Waals surface area contributed by atoms with Crippen LogP contribution < -0.4 is 10.6 Å². The van der Waals surface area contributed by atoms with E-state index in [-0.39, 0.29) is 5.91 Å². The van der Waals surface area contributed by atoms with Crippen LogP contribution in [-0.2, 0) is 6.54 Å². The SMILES string of the molecule is CNC(=O)c1ccc(CNCCN2CCN(C)CC2)cc1. The van der Waals surface area contributed by atoms with Crippen LogP contribution in [0.3, 0.4) is 0 Å². The Hall–Kier alpha value is -1.43. The molecule has 1 aliphatic heterocycles. The Morgan fingerprint density at radius 1 is 1.14 bits per heavy atom. The highest BCUT2D eigenvalue weighted by Crippen LogP contribution is 2.04. The zero-order valence-electron chi connectivity index (χ0n) is 13.1. The number of nitrogens with zero attached hydrogens (tertiary/aromatic N) is 2. The number of likely N-dealkylation sites (N-methyl/N-ethyl adjacent to an activating group) is 1. The number of rotatable bonds is 6. The molecule has 5 heteroatoms. The highest BCUT2D eigenvalue weighted by molar-refractivity contribution is 5.93. The van der Waals surface area contributed by atoms with Gasteiger partial charge in [0.1, 0.15) is 0 Å². The van der Waals surface area contributed by atoms with Crippen molar-refractivity contribution in [2.45, 2.75) is 6.54 Å². The molecule has 1 saturated heterocycles. The van der Waals surface area contributed by atoms with Crippen LogP contribution >= 0.6 is 0 Å². The minimum absolute atomic E-state index is 0.0374. The van der Waals surface area contributed by atoms with E-state index in [0.29, 0.717) is 5.56 Å². The summed E-state index contributed by atoms with van der Waals surface area (Å²) < 4.78 is 0. The molecular formula is C16H26N4O. The van der Waals surface area contributed by atoms with Crippen molar-refractivity contribution < 1.29 is 4.79 Å². The van der Waals surface area contributed by atoms with Gasteiger partial charge in [0, 0.05) is 58.4 Å². The van der Waals surface area contributed by atoms with E-state index in [0.717, 1.165) is 19.6 Å². The molecule has 1 heterocycles. The van der Waals surface area contributed by atoms with E-state index in [4.69, 9.17) is 0 Å². The number of hydrogen-bond acceptors (Lipinski definition) is 4. The molecule has 2 rings (SSSR count). The molecule has 1 aromatic rings. The maximum atomic E-state index is 11.4. The molecule has 1 aliphatic rings. The summed E-state index contributed by atoms with van der Waals surface area (Å²) in [5.74, 6) is -0.0374. The van der Waals surface area contributed by atoms with Gasteiger partial charge in [-0.3, -0.25) is 9.69 Å². The van der Waals surface area contributed by atoms with Gasteiger partial charge in [0.05, 0.1) is 0 Å². The lowest BCUT2D eigenvalue weighted by molar-refractivity contribution is 0.0963. The van der Waals surface area contributed by atoms with E-state index in [1.165, 1.54) is 31.7 Å². The van der Waals surface area contributed by atoms with E-state index in [1.54, 1.807) is 7.05 Å². The van der Waals surface area contributed by atoms with E-state index in [1.807, 2.05) is 24.3 Å². The minimum atomic E-state index is -0.0374. The third-order valence-electron chi connectivity index (χ3n) is 3.97. The second-order valence-corrected chi connectivity index (χ2v) is 5.60. The molecular weight excluding hydrogens is 264 g/mol. The second-order valence-electron chi connectivity index (χ2n) is 5.60. The number of amides is 1. The molecule has 0 atom stereocenters. The molecule has 0 bridgehead atoms. The van der Waals surface area contributed by atoms with Crippen molar-refractivity contribution in [2.75, 3.05) is 53.4 Å². The minimum Gasteiger partial charge on any atom is -0.355 e. The molecule has 21 heavy (non-hydrogen) atoms. The van der Waals surface area contributed by atoms with Crippen LogP contribution in [0.25, 0.3) is 0 Å². The van der Waals surface area contributed by atoms with Crippen molar-refractivity contribution in [3.8, 4) is 0 Å². The summed E-state index contributed by atoms with van der Waals surface area (Å²) in [6, 6.07) is 7.76. The van der Waals surface area contributed by atoms with Crippen LogP contribution in [0.15, 0.2) is 24.3 Å². The van der Waals surface area contributed by atoms with Gasteiger partial charge in [0.15, 0.2) is 0 Å². The maximum absolute atomic E-state index is 11.4. The predicted molar refractivity (Wildman–Crippen MR) is 85.5 cm³/mol. The molecule has 0 saturated carbocycles. The van der Waals surface area contributed by atoms with Crippen molar-refractivity contribution in [3.05, 3.63) is 35.4 Å². The van der Waals surface area contributed by atoms with Gasteiger partial charge in [-0.15, -0.1) is 0 Å². The second kappa shape index (κ2) is 8.12. The van der Waals surface area contributed by atoms with Crippen molar-refractivity contribution in [1.29, 1.82) is 0 Å². The van der Waals surface area contributed by atoms with Gasteiger partial charge in [0.2, 0.25) is 0 Å². The van der Waals surface area contributed by atoms with E-state index < -0.39 is 0 Å². The molecule has 5 nitrogen and oxygen atoms in total. The fourth-order valence-electron chi connectivity index (χ4n) is 2.46. The summed E-state index contributed by atoms with van der Waals surface area (Å²) in [5, 5.41) is 6.10. The van der Waals surface area contributed by atoms with Crippen LogP contribution in [0.1, 0.15) is 15.9 Å². The Bertz CT molecular complexity index is 438. The zero-order chi connectivity index (χ0) is 15.1. The molecule has 0 spiro atoms. The van der Waals surface area contributed by atoms with Gasteiger partial charge in [-0.05, 0) is 24.7 Å². The Balaban J connectivity index is 1.65. The van der Waals surface area contributed by atoms with E-state index in [9.17, 15) is 4.79 Å². The van der Waals surface area contributed by atoms with Gasteiger partial charge < -0.3 is 15.5 Å². The highest BCUT2D eigenvalue weighted by atomic mass is 16.1. The highest BCUT2D eigenvalue weighted by Gasteiger charge is 2.12. The van der Waals surface area contributed by atoms with Gasteiger partial charge >= 0.3 is 0 Å². The maximum Gasteiger partial charge on any atom is 0.251 e. The van der Waals surface area contributed by atoms with Gasteiger partial charge in [-0.2, -0.15) is 0 Å². The fraction of sp³-hybridized carbons (Fsp3) is 0.562. The standard InChI is InChI=1S/C16H26N4O/c1-17-16(21)15-5-3-14(4-6-15)13-18-7-8-20-11-9-19(2)10-12-20/h3-6,18H,7-13H2,1-2H3,(H,17,21). The summed E-state index contributed by atoms with van der Waals surface area (Å²) in [7, 11) is 3.83. The van der Waals surface area contributed by atoms with Crippen LogP contribution in [0.5, 0.6) is 0 Å². The first kappa shape index (κ1) is 15.9. The average molecular weight is 290 g/mol. The third kappa shape index (κ3) is 5.12. The normalized spacial score (nSPS) is 16.9. The quantitative estimate of drug-likeness (QED) is 0.744. The molecule has 0 radical (unpaired) electrons. The van der Waals surface area contributed by atoms with E-state index in [2.05, 4.69) is 27.5 Å². The fourth-order valence-corrected chi connectivity index (χ4v) is 2.46. The average Bonchev–Trinajstić information content (AvgIpc) is 2.53. The van der Waals surface area contributed by atoms with Crippen LogP contribution in [0, 0.1) is 0 Å². The molecule has 1 aromatic carbocycles. The number of piperazine rings is 1. The number of nitrogens with one attached hydrogen (secondary N) is 2. The first-order valence-corrected chi connectivity index (χ1v) is 7.61. The zero-order valence-corrected chi connectivity index (χ0v) is 13.1. The van der Waals surface area contributed by atoms with Gasteiger partial charge in [0.25, 0.3) is 5.91 Å². The number of carbonyl (C=O) groups is 1. The Kier molecular flexibility index (Phi) is 6.17. The van der Waals surface area contributed by atoms with Crippen molar-refractivity contribution in [2.24, 2.45) is 0 Å². The Labute approximate surface area is 127 Å². The summed E-state index contributed by atoms with van der Waals surface area (Å²) in [6.07, 6.45) is 0. The molecule has 1 amide bonds. The summed E-state index contributed by atoms with van der Waals surface area (Å²) in [6.45, 7) is 7.62. The molecule has 0 unspecified atom stereocenters. The number of carbonyl (C=O) groups excluding carboxylic acids is 1. The van der Waals surface area contributed by atoms with Crippen LogP contribution in [0.4, 0.5) is 0 Å². The monoisotopic (exact) mass is 290 g/mol. The smallest absolute Gasteiger partial charge is 0.251 e. The predicted octanol–water partition coefficient (Wildman–Crippen LogP) is 0.383. The van der Waals surface area contributed by atoms with Crippen LogP contribution in [0.2, 0.25) is 0 Å². The lowest BCUT2D eigenvalue weighted by Gasteiger charge is -2.32. The summed E-state index contributed by atoms with van der Waals surface area (Å²) in [4.78, 5) is 16.3. The van der Waals surface area contributed by atoms with E-state index >= 15 is 0 Å². The first-order chi connectivity index (χ1) is 10.2. The molecule has 0 aliphatic carbocycles. The molecule has 2 N–H and O–H groups in total. The lowest BCUT2D eigenvalue weighted by atomic mass is 10.1. The molecule has 116 valence electrons. The number of benzene rings is 1. The number of hydrogen-bond donors (Lipinski definition) is 2. The Morgan fingerprint density at radius 3 is 2.43 bits per heavy atom. The summed E-state index contributed by atoms with van der Waals surface area (Å²) in [5.41, 5.74) is 1.92. The van der Waals surface area contributed by atoms with Crippen LogP contribution in [-0.4, -0.2) is 69.1 Å². The first-order valence-electron chi connectivity index (χ1n) is 7.61. The molecule has 1 fully saturated rings. The van der Waals surface area contributed by atoms with Gasteiger partial charge in [-0.1, -0.05) is 12.1 Å².